The van der Waals surface area contributed by atoms with E-state index in [0.717, 1.165) is 60.8 Å². The fourth-order valence-corrected chi connectivity index (χ4v) is 6.68. The van der Waals surface area contributed by atoms with Gasteiger partial charge in [0.2, 0.25) is 0 Å². The standard InChI is InChI=1S/C50H54O8/c51-45(57-47(39-25-11-7-12-26-39)40-27-13-8-14-28-40)35-19-3-1-5-23-37-55-49(53)43-33-21-22-34-44(43)50(54)56-38-24-6-2-4-20-36-46(52)58-48(41-29-15-9-16-30-41)42-31-17-10-18-32-42/h7-18,21-22,25-34,47-48H,1-6,19-20,23-24,35-38H2. The molecule has 0 heterocycles. The summed E-state index contributed by atoms with van der Waals surface area (Å²) >= 11 is 0. The van der Waals surface area contributed by atoms with Crippen molar-refractivity contribution >= 4 is 23.9 Å². The Kier molecular flexibility index (Phi) is 18.3. The second-order valence-electron chi connectivity index (χ2n) is 14.2. The number of ether oxygens (including phenoxy) is 4. The first-order valence-electron chi connectivity index (χ1n) is 20.5. The summed E-state index contributed by atoms with van der Waals surface area (Å²) in [7, 11) is 0. The second-order valence-corrected chi connectivity index (χ2v) is 14.2. The lowest BCUT2D eigenvalue weighted by Gasteiger charge is -2.19. The Morgan fingerprint density at radius 3 is 0.948 bits per heavy atom. The van der Waals surface area contributed by atoms with Crippen molar-refractivity contribution < 1.29 is 38.1 Å². The highest BCUT2D eigenvalue weighted by molar-refractivity contribution is 6.03. The highest BCUT2D eigenvalue weighted by Crippen LogP contribution is 2.28. The Balaban J connectivity index is 0.912. The zero-order valence-corrected chi connectivity index (χ0v) is 33.2. The Morgan fingerprint density at radius 1 is 0.345 bits per heavy atom. The molecule has 0 aliphatic carbocycles. The van der Waals surface area contributed by atoms with Crippen LogP contribution in [0, 0.1) is 0 Å². The van der Waals surface area contributed by atoms with E-state index in [1.165, 1.54) is 0 Å². The van der Waals surface area contributed by atoms with Crippen LogP contribution in [-0.4, -0.2) is 37.1 Å². The van der Waals surface area contributed by atoms with Crippen molar-refractivity contribution in [2.24, 2.45) is 0 Å². The molecule has 0 spiro atoms. The van der Waals surface area contributed by atoms with Crippen LogP contribution in [0.25, 0.3) is 0 Å². The van der Waals surface area contributed by atoms with Gasteiger partial charge in [-0.05, 0) is 60.1 Å². The number of unbranched alkanes of at least 4 members (excludes halogenated alkanes) is 8. The predicted molar refractivity (Wildman–Crippen MR) is 224 cm³/mol. The van der Waals surface area contributed by atoms with E-state index in [2.05, 4.69) is 0 Å². The Bertz CT molecular complexity index is 1740. The molecule has 58 heavy (non-hydrogen) atoms. The van der Waals surface area contributed by atoms with Gasteiger partial charge in [-0.1, -0.05) is 172 Å². The van der Waals surface area contributed by atoms with Crippen LogP contribution in [0.5, 0.6) is 0 Å². The summed E-state index contributed by atoms with van der Waals surface area (Å²) in [6, 6.07) is 45.5. The zero-order chi connectivity index (χ0) is 40.6. The normalized spacial score (nSPS) is 10.9. The third-order valence-corrected chi connectivity index (χ3v) is 9.79. The third kappa shape index (κ3) is 14.5. The minimum Gasteiger partial charge on any atom is -0.462 e. The molecule has 0 radical (unpaired) electrons. The smallest absolute Gasteiger partial charge is 0.339 e. The van der Waals surface area contributed by atoms with Gasteiger partial charge in [-0.15, -0.1) is 0 Å². The van der Waals surface area contributed by atoms with Crippen molar-refractivity contribution in [1.82, 2.24) is 0 Å². The quantitative estimate of drug-likeness (QED) is 0.0346. The van der Waals surface area contributed by atoms with Crippen LogP contribution < -0.4 is 0 Å². The van der Waals surface area contributed by atoms with Crippen molar-refractivity contribution in [3.8, 4) is 0 Å². The molecule has 0 saturated carbocycles. The maximum absolute atomic E-state index is 12.9. The van der Waals surface area contributed by atoms with Crippen LogP contribution >= 0.6 is 0 Å². The number of carbonyl (C=O) groups excluding carboxylic acids is 4. The van der Waals surface area contributed by atoms with Gasteiger partial charge in [0.15, 0.2) is 12.2 Å². The molecule has 0 saturated heterocycles. The maximum atomic E-state index is 12.9. The summed E-state index contributed by atoms with van der Waals surface area (Å²) in [5, 5.41) is 0. The maximum Gasteiger partial charge on any atom is 0.339 e. The summed E-state index contributed by atoms with van der Waals surface area (Å²) in [6.07, 6.45) is 7.77. The van der Waals surface area contributed by atoms with Crippen molar-refractivity contribution in [2.75, 3.05) is 13.2 Å². The average molecular weight is 783 g/mol. The minimum absolute atomic E-state index is 0.184. The van der Waals surface area contributed by atoms with Crippen LogP contribution in [0.2, 0.25) is 0 Å². The number of carbonyl (C=O) groups is 4. The molecule has 0 bridgehead atoms. The summed E-state index contributed by atoms with van der Waals surface area (Å²) in [5.41, 5.74) is 4.11. The van der Waals surface area contributed by atoms with E-state index in [1.807, 2.05) is 121 Å². The average Bonchev–Trinajstić information content (AvgIpc) is 3.27. The van der Waals surface area contributed by atoms with Gasteiger partial charge in [0.1, 0.15) is 0 Å². The fourth-order valence-electron chi connectivity index (χ4n) is 6.68. The van der Waals surface area contributed by atoms with Crippen LogP contribution in [0.3, 0.4) is 0 Å². The molecule has 5 aromatic rings. The second kappa shape index (κ2) is 24.6. The van der Waals surface area contributed by atoms with E-state index < -0.39 is 24.1 Å². The van der Waals surface area contributed by atoms with Crippen molar-refractivity contribution in [3.05, 3.63) is 179 Å². The lowest BCUT2D eigenvalue weighted by molar-refractivity contribution is -0.148. The molecular formula is C50H54O8. The lowest BCUT2D eigenvalue weighted by atomic mass is 10.0. The number of esters is 4. The summed E-state index contributed by atoms with van der Waals surface area (Å²) in [5.74, 6) is -1.57. The first-order valence-corrected chi connectivity index (χ1v) is 20.5. The lowest BCUT2D eigenvalue weighted by Crippen LogP contribution is -2.15. The van der Waals surface area contributed by atoms with Gasteiger partial charge in [0.05, 0.1) is 24.3 Å². The highest BCUT2D eigenvalue weighted by Gasteiger charge is 2.21. The Hall–Kier alpha value is -6.02. The minimum atomic E-state index is -0.556. The number of hydrogen-bond donors (Lipinski definition) is 0. The van der Waals surface area contributed by atoms with E-state index in [1.54, 1.807) is 24.3 Å². The summed E-state index contributed by atoms with van der Waals surface area (Å²) in [4.78, 5) is 51.2. The van der Waals surface area contributed by atoms with Gasteiger partial charge in [-0.3, -0.25) is 9.59 Å². The van der Waals surface area contributed by atoms with Crippen LogP contribution in [0.15, 0.2) is 146 Å². The molecule has 0 fully saturated rings. The monoisotopic (exact) mass is 782 g/mol. The molecule has 8 nitrogen and oxygen atoms in total. The van der Waals surface area contributed by atoms with Gasteiger partial charge in [0, 0.05) is 12.8 Å². The molecule has 0 aromatic heterocycles. The highest BCUT2D eigenvalue weighted by atomic mass is 16.6. The SMILES string of the molecule is O=C(CCCCCCCOC(=O)c1ccccc1C(=O)OCCCCCCCC(=O)OC(c1ccccc1)c1ccccc1)OC(c1ccccc1)c1ccccc1. The molecule has 8 heteroatoms. The van der Waals surface area contributed by atoms with Crippen molar-refractivity contribution in [3.63, 3.8) is 0 Å². The van der Waals surface area contributed by atoms with Crippen molar-refractivity contribution in [2.45, 2.75) is 89.3 Å². The van der Waals surface area contributed by atoms with Gasteiger partial charge in [0.25, 0.3) is 0 Å². The van der Waals surface area contributed by atoms with Crippen LogP contribution in [0.1, 0.15) is 132 Å². The van der Waals surface area contributed by atoms with Gasteiger partial charge >= 0.3 is 23.9 Å². The molecule has 0 amide bonds. The molecule has 0 unspecified atom stereocenters. The molecule has 5 rings (SSSR count). The Labute approximate surface area is 342 Å². The van der Waals surface area contributed by atoms with Gasteiger partial charge in [-0.2, -0.15) is 0 Å². The molecule has 0 atom stereocenters. The zero-order valence-electron chi connectivity index (χ0n) is 33.2. The van der Waals surface area contributed by atoms with E-state index in [9.17, 15) is 19.2 Å². The number of rotatable bonds is 24. The number of benzene rings is 5. The number of hydrogen-bond acceptors (Lipinski definition) is 8. The first-order chi connectivity index (χ1) is 28.5. The molecule has 5 aromatic carbocycles. The van der Waals surface area contributed by atoms with Gasteiger partial charge < -0.3 is 18.9 Å². The first kappa shape index (κ1) is 43.1. The summed E-state index contributed by atoms with van der Waals surface area (Å²) in [6.45, 7) is 0.469. The molecule has 302 valence electrons. The molecule has 0 aliphatic rings. The topological polar surface area (TPSA) is 105 Å². The van der Waals surface area contributed by atoms with Crippen LogP contribution in [-0.2, 0) is 28.5 Å². The largest absolute Gasteiger partial charge is 0.462 e. The van der Waals surface area contributed by atoms with Crippen LogP contribution in [0.4, 0.5) is 0 Å². The molecule has 0 aliphatic heterocycles. The van der Waals surface area contributed by atoms with E-state index in [4.69, 9.17) is 18.9 Å². The molecule has 0 N–H and O–H groups in total. The predicted octanol–water partition coefficient (Wildman–Crippen LogP) is 11.3. The van der Waals surface area contributed by atoms with Gasteiger partial charge in [-0.25, -0.2) is 9.59 Å². The summed E-state index contributed by atoms with van der Waals surface area (Å²) < 4.78 is 22.8. The van der Waals surface area contributed by atoms with E-state index >= 15 is 0 Å². The third-order valence-electron chi connectivity index (χ3n) is 9.79. The van der Waals surface area contributed by atoms with E-state index in [0.29, 0.717) is 38.5 Å². The fraction of sp³-hybridized carbons (Fsp3) is 0.320. The van der Waals surface area contributed by atoms with E-state index in [-0.39, 0.29) is 36.3 Å². The Morgan fingerprint density at radius 2 is 0.621 bits per heavy atom. The van der Waals surface area contributed by atoms with Crippen molar-refractivity contribution in [1.29, 1.82) is 0 Å². The molecular weight excluding hydrogens is 729 g/mol.